The molecule has 0 aliphatic carbocycles. The van der Waals surface area contributed by atoms with E-state index in [1.54, 1.807) is 11.8 Å². The summed E-state index contributed by atoms with van der Waals surface area (Å²) in [5, 5.41) is 8.10. The van der Waals surface area contributed by atoms with Crippen molar-refractivity contribution in [3.63, 3.8) is 0 Å². The summed E-state index contributed by atoms with van der Waals surface area (Å²) in [5.41, 5.74) is 6.15. The number of amidine groups is 1. The quantitative estimate of drug-likeness (QED) is 0.636. The van der Waals surface area contributed by atoms with Crippen LogP contribution in [0.15, 0.2) is 56.7 Å². The molecule has 18 heavy (non-hydrogen) atoms. The van der Waals surface area contributed by atoms with Crippen LogP contribution in [0.2, 0.25) is 5.02 Å². The van der Waals surface area contributed by atoms with Crippen LogP contribution in [0.5, 0.6) is 0 Å². The first-order valence-electron chi connectivity index (χ1n) is 5.13. The number of hydrogen-bond acceptors (Lipinski definition) is 2. The summed E-state index contributed by atoms with van der Waals surface area (Å²) in [4.78, 5) is 2.13. The van der Waals surface area contributed by atoms with E-state index in [1.165, 1.54) is 0 Å². The van der Waals surface area contributed by atoms with Gasteiger partial charge in [-0.2, -0.15) is 0 Å². The molecule has 5 heteroatoms. The zero-order chi connectivity index (χ0) is 13.1. The van der Waals surface area contributed by atoms with E-state index in [1.807, 2.05) is 42.5 Å². The maximum Gasteiger partial charge on any atom is 0.122 e. The fraction of sp³-hybridized carbons (Fsp3) is 0. The van der Waals surface area contributed by atoms with Crippen LogP contribution in [0, 0.1) is 5.41 Å². The zero-order valence-corrected chi connectivity index (χ0v) is 12.4. The molecular formula is C13H10BrClN2S. The van der Waals surface area contributed by atoms with Gasteiger partial charge in [-0.3, -0.25) is 5.41 Å². The van der Waals surface area contributed by atoms with E-state index in [0.29, 0.717) is 5.56 Å². The molecule has 0 radical (unpaired) electrons. The first-order valence-corrected chi connectivity index (χ1v) is 7.12. The maximum atomic E-state index is 7.38. The molecule has 0 saturated carbocycles. The average Bonchev–Trinajstić information content (AvgIpc) is 2.31. The zero-order valence-electron chi connectivity index (χ0n) is 9.28. The van der Waals surface area contributed by atoms with Crippen LogP contribution < -0.4 is 5.73 Å². The van der Waals surface area contributed by atoms with Gasteiger partial charge in [0.2, 0.25) is 0 Å². The van der Waals surface area contributed by atoms with E-state index in [9.17, 15) is 0 Å². The second kappa shape index (κ2) is 5.78. The molecule has 0 aliphatic heterocycles. The Kier molecular flexibility index (Phi) is 4.32. The summed E-state index contributed by atoms with van der Waals surface area (Å²) in [6.07, 6.45) is 0. The number of nitrogens with one attached hydrogen (secondary N) is 1. The largest absolute Gasteiger partial charge is 0.384 e. The Morgan fingerprint density at radius 1 is 1.22 bits per heavy atom. The molecule has 2 aromatic rings. The molecule has 0 bridgehead atoms. The highest BCUT2D eigenvalue weighted by Gasteiger charge is 2.05. The third kappa shape index (κ3) is 3.28. The lowest BCUT2D eigenvalue weighted by atomic mass is 10.2. The van der Waals surface area contributed by atoms with Crippen molar-refractivity contribution in [1.82, 2.24) is 0 Å². The Labute approximate surface area is 123 Å². The third-order valence-corrected chi connectivity index (χ3v) is 4.49. The molecule has 0 heterocycles. The standard InChI is InChI=1S/C13H10BrClN2S/c14-11-6-8(13(16)17)4-5-12(11)18-10-3-1-2-9(15)7-10/h1-7H,(H3,16,17). The Bertz CT molecular complexity index is 601. The van der Waals surface area contributed by atoms with E-state index < -0.39 is 0 Å². The van der Waals surface area contributed by atoms with Gasteiger partial charge in [0.15, 0.2) is 0 Å². The minimum Gasteiger partial charge on any atom is -0.384 e. The van der Waals surface area contributed by atoms with Crippen molar-refractivity contribution in [2.24, 2.45) is 5.73 Å². The Morgan fingerprint density at radius 3 is 2.61 bits per heavy atom. The van der Waals surface area contributed by atoms with Crippen LogP contribution in [-0.2, 0) is 0 Å². The number of rotatable bonds is 3. The molecular weight excluding hydrogens is 332 g/mol. The average molecular weight is 342 g/mol. The van der Waals surface area contributed by atoms with Crippen LogP contribution in [0.1, 0.15) is 5.56 Å². The Morgan fingerprint density at radius 2 is 2.00 bits per heavy atom. The third-order valence-electron chi connectivity index (χ3n) is 2.27. The highest BCUT2D eigenvalue weighted by atomic mass is 79.9. The number of nitrogens with two attached hydrogens (primary N) is 1. The van der Waals surface area contributed by atoms with Crippen LogP contribution in [0.4, 0.5) is 0 Å². The van der Waals surface area contributed by atoms with Crippen LogP contribution >= 0.6 is 39.3 Å². The number of nitrogen functional groups attached to an aromatic ring is 1. The van der Waals surface area contributed by atoms with Gasteiger partial charge in [0.25, 0.3) is 0 Å². The second-order valence-corrected chi connectivity index (χ2v) is 6.02. The van der Waals surface area contributed by atoms with E-state index in [2.05, 4.69) is 15.9 Å². The molecule has 0 fully saturated rings. The number of benzene rings is 2. The minimum atomic E-state index is 0.0648. The predicted molar refractivity (Wildman–Crippen MR) is 80.7 cm³/mol. The lowest BCUT2D eigenvalue weighted by Crippen LogP contribution is -2.10. The SMILES string of the molecule is N=C(N)c1ccc(Sc2cccc(Cl)c2)c(Br)c1. The topological polar surface area (TPSA) is 49.9 Å². The van der Waals surface area contributed by atoms with Gasteiger partial charge in [0.05, 0.1) is 0 Å². The normalized spacial score (nSPS) is 10.3. The number of hydrogen-bond donors (Lipinski definition) is 2. The monoisotopic (exact) mass is 340 g/mol. The summed E-state index contributed by atoms with van der Waals surface area (Å²) in [6, 6.07) is 13.3. The first kappa shape index (κ1) is 13.5. The smallest absolute Gasteiger partial charge is 0.122 e. The molecule has 2 rings (SSSR count). The van der Waals surface area contributed by atoms with Crippen molar-refractivity contribution in [3.05, 3.63) is 57.5 Å². The summed E-state index contributed by atoms with van der Waals surface area (Å²) < 4.78 is 0.917. The van der Waals surface area contributed by atoms with Crippen molar-refractivity contribution in [2.75, 3.05) is 0 Å². The summed E-state index contributed by atoms with van der Waals surface area (Å²) in [5.74, 6) is 0.0648. The number of halogens is 2. The predicted octanol–water partition coefficient (Wildman–Crippen LogP) is 4.54. The first-order chi connectivity index (χ1) is 8.56. The van der Waals surface area contributed by atoms with Crippen molar-refractivity contribution in [1.29, 1.82) is 5.41 Å². The molecule has 0 atom stereocenters. The maximum absolute atomic E-state index is 7.38. The van der Waals surface area contributed by atoms with Gasteiger partial charge in [-0.1, -0.05) is 35.5 Å². The second-order valence-electron chi connectivity index (χ2n) is 3.62. The molecule has 3 N–H and O–H groups in total. The molecule has 0 spiro atoms. The highest BCUT2D eigenvalue weighted by molar-refractivity contribution is 9.10. The lowest BCUT2D eigenvalue weighted by Gasteiger charge is -2.06. The van der Waals surface area contributed by atoms with Gasteiger partial charge in [-0.15, -0.1) is 0 Å². The van der Waals surface area contributed by atoms with Gasteiger partial charge in [-0.25, -0.2) is 0 Å². The molecule has 2 nitrogen and oxygen atoms in total. The molecule has 92 valence electrons. The Hall–Kier alpha value is -0.970. The van der Waals surface area contributed by atoms with Crippen molar-refractivity contribution in [2.45, 2.75) is 9.79 Å². The van der Waals surface area contributed by atoms with Crippen LogP contribution in [0.25, 0.3) is 0 Å². The lowest BCUT2D eigenvalue weighted by molar-refractivity contribution is 1.34. The summed E-state index contributed by atoms with van der Waals surface area (Å²) in [6.45, 7) is 0. The van der Waals surface area contributed by atoms with E-state index in [-0.39, 0.29) is 5.84 Å². The van der Waals surface area contributed by atoms with Crippen LogP contribution in [0.3, 0.4) is 0 Å². The van der Waals surface area contributed by atoms with Gasteiger partial charge < -0.3 is 5.73 Å². The van der Waals surface area contributed by atoms with E-state index >= 15 is 0 Å². The van der Waals surface area contributed by atoms with Crippen molar-refractivity contribution in [3.8, 4) is 0 Å². The summed E-state index contributed by atoms with van der Waals surface area (Å²) >= 11 is 11.0. The fourth-order valence-corrected chi connectivity index (χ4v) is 3.16. The van der Waals surface area contributed by atoms with Gasteiger partial charge >= 0.3 is 0 Å². The van der Waals surface area contributed by atoms with Crippen LogP contribution in [-0.4, -0.2) is 5.84 Å². The Balaban J connectivity index is 2.27. The molecule has 0 unspecified atom stereocenters. The molecule has 0 aliphatic rings. The van der Waals surface area contributed by atoms with Crippen molar-refractivity contribution >= 4 is 45.1 Å². The molecule has 0 amide bonds. The highest BCUT2D eigenvalue weighted by Crippen LogP contribution is 2.34. The molecule has 0 saturated heterocycles. The van der Waals surface area contributed by atoms with Gasteiger partial charge in [-0.05, 0) is 46.3 Å². The van der Waals surface area contributed by atoms with Gasteiger partial charge in [0.1, 0.15) is 5.84 Å². The van der Waals surface area contributed by atoms with Gasteiger partial charge in [0, 0.05) is 24.8 Å². The fourth-order valence-electron chi connectivity index (χ4n) is 1.41. The van der Waals surface area contributed by atoms with E-state index in [4.69, 9.17) is 22.7 Å². The van der Waals surface area contributed by atoms with E-state index in [0.717, 1.165) is 19.3 Å². The minimum absolute atomic E-state index is 0.0648. The van der Waals surface area contributed by atoms with Crippen molar-refractivity contribution < 1.29 is 0 Å². The summed E-state index contributed by atoms with van der Waals surface area (Å²) in [7, 11) is 0. The molecule has 2 aromatic carbocycles. The molecule has 0 aromatic heterocycles.